The van der Waals surface area contributed by atoms with Crippen molar-refractivity contribution >= 4 is 48.6 Å². The van der Waals surface area contributed by atoms with Crippen LogP contribution in [0.5, 0.6) is 0 Å². The molecule has 0 aliphatic carbocycles. The first-order valence-corrected chi connectivity index (χ1v) is 12.0. The van der Waals surface area contributed by atoms with E-state index < -0.39 is 28.5 Å². The van der Waals surface area contributed by atoms with Crippen molar-refractivity contribution in [3.8, 4) is 0 Å². The second kappa shape index (κ2) is 8.74. The molecule has 162 valence electrons. The Morgan fingerprint density at radius 1 is 1.13 bits per heavy atom. The number of carbonyl (C=O) groups is 2. The van der Waals surface area contributed by atoms with Crippen LogP contribution in [-0.4, -0.2) is 49.3 Å². The molecule has 2 heterocycles. The molecule has 0 saturated carbocycles. The molecule has 0 unspecified atom stereocenters. The van der Waals surface area contributed by atoms with Gasteiger partial charge in [-0.25, -0.2) is 18.2 Å². The van der Waals surface area contributed by atoms with Crippen molar-refractivity contribution in [2.24, 2.45) is 0 Å². The Bertz CT molecular complexity index is 1230. The van der Waals surface area contributed by atoms with Crippen molar-refractivity contribution in [3.05, 3.63) is 53.6 Å². The van der Waals surface area contributed by atoms with Crippen LogP contribution in [0.1, 0.15) is 28.8 Å². The highest BCUT2D eigenvalue weighted by Crippen LogP contribution is 2.26. The van der Waals surface area contributed by atoms with E-state index in [1.54, 1.807) is 0 Å². The third-order valence-electron chi connectivity index (χ3n) is 4.92. The van der Waals surface area contributed by atoms with Crippen molar-refractivity contribution in [1.29, 1.82) is 0 Å². The summed E-state index contributed by atoms with van der Waals surface area (Å²) in [5.74, 6) is -1.21. The molecule has 1 aliphatic heterocycles. The monoisotopic (exact) mass is 459 g/mol. The molecule has 0 spiro atoms. The first-order valence-electron chi connectivity index (χ1n) is 9.77. The largest absolute Gasteiger partial charge is 0.452 e. The normalized spacial score (nSPS) is 14.6. The number of fused-ring (bicyclic) bond motifs is 1. The van der Waals surface area contributed by atoms with Crippen LogP contribution in [-0.2, 0) is 19.6 Å². The van der Waals surface area contributed by atoms with Crippen LogP contribution < -0.4 is 5.32 Å². The highest BCUT2D eigenvalue weighted by molar-refractivity contribution is 7.89. The van der Waals surface area contributed by atoms with Crippen LogP contribution in [0.3, 0.4) is 0 Å². The zero-order valence-corrected chi connectivity index (χ0v) is 18.5. The Labute approximate surface area is 183 Å². The zero-order valence-electron chi connectivity index (χ0n) is 16.8. The lowest BCUT2D eigenvalue weighted by Gasteiger charge is -2.15. The summed E-state index contributed by atoms with van der Waals surface area (Å²) in [6.45, 7) is 2.53. The van der Waals surface area contributed by atoms with Gasteiger partial charge in [0.1, 0.15) is 0 Å². The number of rotatable bonds is 6. The van der Waals surface area contributed by atoms with Gasteiger partial charge in [0.25, 0.3) is 5.91 Å². The van der Waals surface area contributed by atoms with Crippen molar-refractivity contribution < 1.29 is 22.7 Å². The van der Waals surface area contributed by atoms with Gasteiger partial charge < -0.3 is 4.74 Å². The van der Waals surface area contributed by atoms with Crippen LogP contribution in [0, 0.1) is 6.92 Å². The standard InChI is InChI=1S/C21H21N3O5S2/c1-14-4-9-17-18(12-14)30-21(22-17)23-19(25)13-29-20(26)15-5-7-16(8-6-15)31(27,28)24-10-2-3-11-24/h4-9,12H,2-3,10-11,13H2,1H3,(H,22,23,25). The summed E-state index contributed by atoms with van der Waals surface area (Å²) in [7, 11) is -3.54. The maximum absolute atomic E-state index is 12.5. The zero-order chi connectivity index (χ0) is 22.0. The van der Waals surface area contributed by atoms with E-state index in [0.717, 1.165) is 28.6 Å². The van der Waals surface area contributed by atoms with Gasteiger partial charge in [-0.1, -0.05) is 17.4 Å². The number of nitrogens with zero attached hydrogens (tertiary/aromatic N) is 2. The quantitative estimate of drug-likeness (QED) is 0.568. The summed E-state index contributed by atoms with van der Waals surface area (Å²) in [5, 5.41) is 3.05. The number of hydrogen-bond acceptors (Lipinski definition) is 7. The predicted molar refractivity (Wildman–Crippen MR) is 118 cm³/mol. The second-order valence-corrected chi connectivity index (χ2v) is 10.2. The number of aryl methyl sites for hydroxylation is 1. The average molecular weight is 460 g/mol. The number of ether oxygens (including phenoxy) is 1. The van der Waals surface area contributed by atoms with E-state index >= 15 is 0 Å². The van der Waals surface area contributed by atoms with Gasteiger partial charge >= 0.3 is 5.97 Å². The van der Waals surface area contributed by atoms with E-state index in [4.69, 9.17) is 4.74 Å². The van der Waals surface area contributed by atoms with Crippen molar-refractivity contribution in [3.63, 3.8) is 0 Å². The van der Waals surface area contributed by atoms with Gasteiger partial charge in [-0.3, -0.25) is 10.1 Å². The topological polar surface area (TPSA) is 106 Å². The van der Waals surface area contributed by atoms with E-state index in [-0.39, 0.29) is 10.5 Å². The number of sulfonamides is 1. The molecule has 0 bridgehead atoms. The molecule has 8 nitrogen and oxygen atoms in total. The fourth-order valence-electron chi connectivity index (χ4n) is 3.30. The molecule has 1 aromatic heterocycles. The molecule has 1 N–H and O–H groups in total. The van der Waals surface area contributed by atoms with E-state index in [9.17, 15) is 18.0 Å². The molecule has 2 aromatic carbocycles. The van der Waals surface area contributed by atoms with Crippen LogP contribution in [0.15, 0.2) is 47.4 Å². The third-order valence-corrected chi connectivity index (χ3v) is 7.76. The van der Waals surface area contributed by atoms with Gasteiger partial charge in [-0.2, -0.15) is 4.31 Å². The molecule has 0 radical (unpaired) electrons. The molecular weight excluding hydrogens is 438 g/mol. The molecule has 1 aliphatic rings. The van der Waals surface area contributed by atoms with Gasteiger partial charge in [0.05, 0.1) is 20.7 Å². The maximum atomic E-state index is 12.5. The lowest BCUT2D eigenvalue weighted by molar-refractivity contribution is -0.119. The minimum absolute atomic E-state index is 0.134. The highest BCUT2D eigenvalue weighted by atomic mass is 32.2. The summed E-state index contributed by atoms with van der Waals surface area (Å²) >= 11 is 1.34. The number of hydrogen-bond donors (Lipinski definition) is 1. The molecule has 10 heteroatoms. The highest BCUT2D eigenvalue weighted by Gasteiger charge is 2.27. The summed E-state index contributed by atoms with van der Waals surface area (Å²) in [5.41, 5.74) is 2.05. The van der Waals surface area contributed by atoms with Crippen molar-refractivity contribution in [1.82, 2.24) is 9.29 Å². The van der Waals surface area contributed by atoms with E-state index in [2.05, 4.69) is 10.3 Å². The molecule has 31 heavy (non-hydrogen) atoms. The van der Waals surface area contributed by atoms with Crippen LogP contribution in [0.2, 0.25) is 0 Å². The third kappa shape index (κ3) is 4.76. The minimum atomic E-state index is -3.54. The summed E-state index contributed by atoms with van der Waals surface area (Å²) < 4.78 is 32.5. The number of amides is 1. The van der Waals surface area contributed by atoms with Crippen molar-refractivity contribution in [2.75, 3.05) is 25.0 Å². The molecule has 3 aromatic rings. The summed E-state index contributed by atoms with van der Waals surface area (Å²) in [4.78, 5) is 28.8. The number of anilines is 1. The first kappa shape index (κ1) is 21.4. The van der Waals surface area contributed by atoms with Gasteiger partial charge in [0.15, 0.2) is 11.7 Å². The molecule has 1 fully saturated rings. The predicted octanol–water partition coefficient (Wildman–Crippen LogP) is 3.18. The Kier molecular flexibility index (Phi) is 6.03. The fourth-order valence-corrected chi connectivity index (χ4v) is 5.79. The van der Waals surface area contributed by atoms with Gasteiger partial charge in [-0.15, -0.1) is 0 Å². The van der Waals surface area contributed by atoms with E-state index in [1.807, 2.05) is 25.1 Å². The number of benzene rings is 2. The Hall–Kier alpha value is -2.82. The number of carbonyl (C=O) groups excluding carboxylic acids is 2. The van der Waals surface area contributed by atoms with Crippen LogP contribution in [0.25, 0.3) is 10.2 Å². The Morgan fingerprint density at radius 2 is 1.84 bits per heavy atom. The molecular formula is C21H21N3O5S2. The first-order chi connectivity index (χ1) is 14.8. The summed E-state index contributed by atoms with van der Waals surface area (Å²) in [6, 6.07) is 11.3. The maximum Gasteiger partial charge on any atom is 0.338 e. The van der Waals surface area contributed by atoms with Gasteiger partial charge in [0.2, 0.25) is 10.0 Å². The number of thiazole rings is 1. The fraction of sp³-hybridized carbons (Fsp3) is 0.286. The lowest BCUT2D eigenvalue weighted by atomic mass is 10.2. The smallest absolute Gasteiger partial charge is 0.338 e. The molecule has 1 amide bonds. The minimum Gasteiger partial charge on any atom is -0.452 e. The van der Waals surface area contributed by atoms with Gasteiger partial charge in [0, 0.05) is 13.1 Å². The van der Waals surface area contributed by atoms with Crippen LogP contribution >= 0.6 is 11.3 Å². The van der Waals surface area contributed by atoms with Gasteiger partial charge in [-0.05, 0) is 61.7 Å². The second-order valence-electron chi connectivity index (χ2n) is 7.25. The molecule has 0 atom stereocenters. The van der Waals surface area contributed by atoms with E-state index in [0.29, 0.717) is 18.2 Å². The van der Waals surface area contributed by atoms with Crippen LogP contribution in [0.4, 0.5) is 5.13 Å². The number of aromatic nitrogens is 1. The Morgan fingerprint density at radius 3 is 2.55 bits per heavy atom. The van der Waals surface area contributed by atoms with Crippen molar-refractivity contribution in [2.45, 2.75) is 24.7 Å². The van der Waals surface area contributed by atoms with E-state index in [1.165, 1.54) is 39.9 Å². The average Bonchev–Trinajstić information content (AvgIpc) is 3.42. The SMILES string of the molecule is Cc1ccc2nc(NC(=O)COC(=O)c3ccc(S(=O)(=O)N4CCCC4)cc3)sc2c1. The Balaban J connectivity index is 1.34. The molecule has 4 rings (SSSR count). The lowest BCUT2D eigenvalue weighted by Crippen LogP contribution is -2.27. The number of esters is 1. The molecule has 1 saturated heterocycles. The summed E-state index contributed by atoms with van der Waals surface area (Å²) in [6.07, 6.45) is 1.70. The number of nitrogens with one attached hydrogen (secondary N) is 1.